The predicted molar refractivity (Wildman–Crippen MR) is 74.7 cm³/mol. The van der Waals surface area contributed by atoms with Gasteiger partial charge in [-0.25, -0.2) is 4.39 Å². The van der Waals surface area contributed by atoms with Crippen molar-refractivity contribution in [3.05, 3.63) is 52.1 Å². The van der Waals surface area contributed by atoms with Gasteiger partial charge in [0.15, 0.2) is 0 Å². The van der Waals surface area contributed by atoms with Gasteiger partial charge in [-0.3, -0.25) is 4.68 Å². The van der Waals surface area contributed by atoms with E-state index < -0.39 is 0 Å². The highest BCUT2D eigenvalue weighted by atomic mass is 19.1. The highest BCUT2D eigenvalue weighted by molar-refractivity contribution is 5.39. The number of benzene rings is 1. The Morgan fingerprint density at radius 3 is 2.47 bits per heavy atom. The van der Waals surface area contributed by atoms with Crippen molar-refractivity contribution in [3.8, 4) is 0 Å². The van der Waals surface area contributed by atoms with Crippen LogP contribution in [0.5, 0.6) is 0 Å². The Balaban J connectivity index is 2.59. The van der Waals surface area contributed by atoms with Crippen LogP contribution in [-0.2, 0) is 7.05 Å². The van der Waals surface area contributed by atoms with E-state index in [0.29, 0.717) is 5.56 Å². The number of halogens is 1. The molecule has 1 N–H and O–H groups in total. The molecule has 0 aliphatic carbocycles. The van der Waals surface area contributed by atoms with E-state index in [0.717, 1.165) is 22.5 Å². The number of aromatic nitrogens is 2. The number of hydrogen-bond donors (Lipinski definition) is 1. The first-order valence-corrected chi connectivity index (χ1v) is 6.39. The summed E-state index contributed by atoms with van der Waals surface area (Å²) in [7, 11) is 3.75. The molecule has 0 saturated carbocycles. The summed E-state index contributed by atoms with van der Waals surface area (Å²) in [5.74, 6) is -0.187. The highest BCUT2D eigenvalue weighted by Gasteiger charge is 2.23. The van der Waals surface area contributed by atoms with Crippen LogP contribution in [0.1, 0.15) is 34.1 Å². The smallest absolute Gasteiger partial charge is 0.128 e. The largest absolute Gasteiger partial charge is 0.309 e. The molecule has 19 heavy (non-hydrogen) atoms. The molecular weight excluding hydrogens is 241 g/mol. The van der Waals surface area contributed by atoms with Gasteiger partial charge in [0.25, 0.3) is 0 Å². The normalized spacial score (nSPS) is 12.7. The molecule has 2 rings (SSSR count). The topological polar surface area (TPSA) is 29.9 Å². The summed E-state index contributed by atoms with van der Waals surface area (Å²) in [6.45, 7) is 5.94. The molecule has 0 saturated heterocycles. The standard InChI is InChI=1S/C15H20FN3/c1-9-6-7-13(16)12(8-9)15(17-4)14-10(2)18-19(5)11(14)3/h6-8,15,17H,1-5H3. The highest BCUT2D eigenvalue weighted by Crippen LogP contribution is 2.29. The summed E-state index contributed by atoms with van der Waals surface area (Å²) >= 11 is 0. The lowest BCUT2D eigenvalue weighted by Crippen LogP contribution is -2.20. The van der Waals surface area contributed by atoms with Crippen molar-refractivity contribution in [2.45, 2.75) is 26.8 Å². The lowest BCUT2D eigenvalue weighted by atomic mass is 9.95. The van der Waals surface area contributed by atoms with Crippen molar-refractivity contribution in [2.75, 3.05) is 7.05 Å². The maximum Gasteiger partial charge on any atom is 0.128 e. The summed E-state index contributed by atoms with van der Waals surface area (Å²) < 4.78 is 15.9. The van der Waals surface area contributed by atoms with Gasteiger partial charge in [-0.15, -0.1) is 0 Å². The average molecular weight is 261 g/mol. The quantitative estimate of drug-likeness (QED) is 0.920. The molecule has 0 aliphatic heterocycles. The van der Waals surface area contributed by atoms with Crippen LogP contribution in [-0.4, -0.2) is 16.8 Å². The minimum Gasteiger partial charge on any atom is -0.309 e. The third kappa shape index (κ3) is 2.40. The zero-order valence-corrected chi connectivity index (χ0v) is 12.1. The van der Waals surface area contributed by atoms with E-state index in [9.17, 15) is 4.39 Å². The van der Waals surface area contributed by atoms with Gasteiger partial charge >= 0.3 is 0 Å². The van der Waals surface area contributed by atoms with E-state index in [2.05, 4.69) is 10.4 Å². The Morgan fingerprint density at radius 1 is 1.26 bits per heavy atom. The lowest BCUT2D eigenvalue weighted by molar-refractivity contribution is 0.573. The van der Waals surface area contributed by atoms with Gasteiger partial charge in [0.2, 0.25) is 0 Å². The number of hydrogen-bond acceptors (Lipinski definition) is 2. The van der Waals surface area contributed by atoms with Crippen molar-refractivity contribution < 1.29 is 4.39 Å². The third-order valence-corrected chi connectivity index (χ3v) is 3.60. The van der Waals surface area contributed by atoms with Gasteiger partial charge in [0.05, 0.1) is 11.7 Å². The first-order valence-electron chi connectivity index (χ1n) is 6.39. The minimum absolute atomic E-state index is 0.173. The Kier molecular flexibility index (Phi) is 3.71. The molecule has 0 aliphatic rings. The Bertz CT molecular complexity index is 602. The van der Waals surface area contributed by atoms with E-state index in [1.807, 2.05) is 45.6 Å². The molecule has 3 nitrogen and oxygen atoms in total. The monoisotopic (exact) mass is 261 g/mol. The number of rotatable bonds is 3. The molecule has 1 heterocycles. The Morgan fingerprint density at radius 2 is 1.95 bits per heavy atom. The molecule has 0 fully saturated rings. The van der Waals surface area contributed by atoms with Gasteiger partial charge in [-0.2, -0.15) is 5.10 Å². The van der Waals surface area contributed by atoms with E-state index in [-0.39, 0.29) is 11.9 Å². The molecule has 1 atom stereocenters. The Hall–Kier alpha value is -1.68. The maximum absolute atomic E-state index is 14.1. The predicted octanol–water partition coefficient (Wildman–Crippen LogP) is 2.79. The van der Waals surface area contributed by atoms with E-state index in [1.165, 1.54) is 6.07 Å². The summed E-state index contributed by atoms with van der Waals surface area (Å²) in [5, 5.41) is 7.62. The first kappa shape index (κ1) is 13.7. The second-order valence-corrected chi connectivity index (χ2v) is 4.95. The van der Waals surface area contributed by atoms with Gasteiger partial charge in [0, 0.05) is 23.9 Å². The lowest BCUT2D eigenvalue weighted by Gasteiger charge is -2.19. The van der Waals surface area contributed by atoms with Crippen LogP contribution in [0.3, 0.4) is 0 Å². The summed E-state index contributed by atoms with van der Waals surface area (Å²) in [4.78, 5) is 0. The van der Waals surface area contributed by atoms with Crippen LogP contribution < -0.4 is 5.32 Å². The fraction of sp³-hybridized carbons (Fsp3) is 0.400. The molecule has 1 aromatic heterocycles. The van der Waals surface area contributed by atoms with Crippen LogP contribution in [0.15, 0.2) is 18.2 Å². The van der Waals surface area contributed by atoms with Crippen molar-refractivity contribution in [2.24, 2.45) is 7.05 Å². The molecule has 0 radical (unpaired) electrons. The summed E-state index contributed by atoms with van der Waals surface area (Å²) in [5.41, 5.74) is 4.75. The van der Waals surface area contributed by atoms with E-state index >= 15 is 0 Å². The van der Waals surface area contributed by atoms with Crippen molar-refractivity contribution >= 4 is 0 Å². The van der Waals surface area contributed by atoms with Crippen LogP contribution in [0, 0.1) is 26.6 Å². The van der Waals surface area contributed by atoms with Crippen molar-refractivity contribution in [1.29, 1.82) is 0 Å². The molecule has 0 amide bonds. The fourth-order valence-corrected chi connectivity index (χ4v) is 2.55. The van der Waals surface area contributed by atoms with Crippen LogP contribution in [0.2, 0.25) is 0 Å². The number of nitrogens with one attached hydrogen (secondary N) is 1. The number of aryl methyl sites for hydroxylation is 3. The average Bonchev–Trinajstić information content (AvgIpc) is 2.61. The summed E-state index contributed by atoms with van der Waals surface area (Å²) in [6.07, 6.45) is 0. The van der Waals surface area contributed by atoms with Crippen molar-refractivity contribution in [3.63, 3.8) is 0 Å². The molecular formula is C15H20FN3. The van der Waals surface area contributed by atoms with Gasteiger partial charge < -0.3 is 5.32 Å². The Labute approximate surface area is 113 Å². The van der Waals surface area contributed by atoms with E-state index in [4.69, 9.17) is 0 Å². The zero-order valence-electron chi connectivity index (χ0n) is 12.1. The molecule has 4 heteroatoms. The van der Waals surface area contributed by atoms with Crippen LogP contribution in [0.4, 0.5) is 4.39 Å². The fourth-order valence-electron chi connectivity index (χ4n) is 2.55. The zero-order chi connectivity index (χ0) is 14.2. The third-order valence-electron chi connectivity index (χ3n) is 3.60. The van der Waals surface area contributed by atoms with Gasteiger partial charge in [0.1, 0.15) is 5.82 Å². The second kappa shape index (κ2) is 5.13. The van der Waals surface area contributed by atoms with E-state index in [1.54, 1.807) is 6.07 Å². The minimum atomic E-state index is -0.187. The summed E-state index contributed by atoms with van der Waals surface area (Å²) in [6, 6.07) is 5.03. The molecule has 0 spiro atoms. The number of nitrogens with zero attached hydrogens (tertiary/aromatic N) is 2. The first-order chi connectivity index (χ1) is 8.95. The molecule has 2 aromatic rings. The molecule has 1 unspecified atom stereocenters. The second-order valence-electron chi connectivity index (χ2n) is 4.95. The van der Waals surface area contributed by atoms with Gasteiger partial charge in [-0.05, 0) is 33.9 Å². The molecule has 1 aromatic carbocycles. The van der Waals surface area contributed by atoms with Crippen LogP contribution in [0.25, 0.3) is 0 Å². The SMILES string of the molecule is CNC(c1cc(C)ccc1F)c1c(C)nn(C)c1C. The molecule has 0 bridgehead atoms. The van der Waals surface area contributed by atoms with Crippen LogP contribution >= 0.6 is 0 Å². The molecule has 102 valence electrons. The van der Waals surface area contributed by atoms with Gasteiger partial charge in [-0.1, -0.05) is 17.7 Å². The van der Waals surface area contributed by atoms with Crippen molar-refractivity contribution in [1.82, 2.24) is 15.1 Å². The maximum atomic E-state index is 14.1.